The number of para-hydroxylation sites is 1. The average molecular weight is 416 g/mol. The number of anilines is 2. The van der Waals surface area contributed by atoms with Gasteiger partial charge in [-0.25, -0.2) is 4.39 Å². The summed E-state index contributed by atoms with van der Waals surface area (Å²) in [5.41, 5.74) is 4.68. The number of methoxy groups -OCH3 is 1. The number of nitrogens with one attached hydrogen (secondary N) is 3. The van der Waals surface area contributed by atoms with Crippen molar-refractivity contribution in [3.63, 3.8) is 0 Å². The molecule has 0 radical (unpaired) electrons. The molecule has 3 aromatic rings. The summed E-state index contributed by atoms with van der Waals surface area (Å²) in [6, 6.07) is 6.52. The second kappa shape index (κ2) is 7.80. The highest BCUT2D eigenvalue weighted by Gasteiger charge is 2.28. The van der Waals surface area contributed by atoms with Crippen molar-refractivity contribution in [3.05, 3.63) is 59.3 Å². The van der Waals surface area contributed by atoms with Gasteiger partial charge in [0.05, 0.1) is 35.3 Å². The van der Waals surface area contributed by atoms with Gasteiger partial charge >= 0.3 is 0 Å². The predicted molar refractivity (Wildman–Crippen MR) is 116 cm³/mol. The first-order valence-corrected chi connectivity index (χ1v) is 10.2. The van der Waals surface area contributed by atoms with E-state index in [9.17, 15) is 9.18 Å². The maximum Gasteiger partial charge on any atom is 0.255 e. The number of rotatable bonds is 4. The van der Waals surface area contributed by atoms with Crippen molar-refractivity contribution in [3.8, 4) is 28.8 Å². The van der Waals surface area contributed by atoms with Crippen molar-refractivity contribution in [2.45, 2.75) is 19.3 Å². The molecule has 0 unspecified atom stereocenters. The minimum absolute atomic E-state index is 0.0862. The number of hydrogen-bond acceptors (Lipinski definition) is 4. The highest BCUT2D eigenvalue weighted by atomic mass is 19.1. The molecular weight excluding hydrogens is 395 g/mol. The van der Waals surface area contributed by atoms with E-state index >= 15 is 0 Å². The van der Waals surface area contributed by atoms with Crippen molar-refractivity contribution >= 4 is 17.3 Å². The van der Waals surface area contributed by atoms with Gasteiger partial charge in [-0.2, -0.15) is 0 Å². The molecular formula is C24H21FN4O2. The Morgan fingerprint density at radius 2 is 2.16 bits per heavy atom. The molecule has 1 aliphatic carbocycles. The van der Waals surface area contributed by atoms with E-state index in [2.05, 4.69) is 32.4 Å². The Morgan fingerprint density at radius 1 is 1.29 bits per heavy atom. The van der Waals surface area contributed by atoms with Crippen molar-refractivity contribution < 1.29 is 13.9 Å². The zero-order valence-corrected chi connectivity index (χ0v) is 17.0. The average Bonchev–Trinajstić information content (AvgIpc) is 3.53. The summed E-state index contributed by atoms with van der Waals surface area (Å²) >= 11 is 0. The Morgan fingerprint density at radius 3 is 2.97 bits per heavy atom. The van der Waals surface area contributed by atoms with Crippen LogP contribution in [0.3, 0.4) is 0 Å². The quantitative estimate of drug-likeness (QED) is 0.562. The second-order valence-corrected chi connectivity index (χ2v) is 7.64. The Labute approximate surface area is 179 Å². The SMILES string of the molecule is COc1c(F)cccc1Nc1c(-c2ccncc2C#CC2CC2)[nH]c2c1C(=O)NCC2. The number of fused-ring (bicyclic) bond motifs is 1. The Balaban J connectivity index is 1.67. The van der Waals surface area contributed by atoms with Gasteiger partial charge in [0.2, 0.25) is 0 Å². The standard InChI is InChI=1S/C24H21FN4O2/c1-31-23-17(25)3-2-4-19(23)29-22-20-18(10-12-27-24(20)30)28-21(22)16-9-11-26-13-15(16)8-7-14-5-6-14/h2-4,9,11,13-14,28-29H,5-6,10,12H2,1H3,(H,27,30). The summed E-state index contributed by atoms with van der Waals surface area (Å²) in [5, 5.41) is 6.14. The normalized spacial score (nSPS) is 14.8. The fourth-order valence-corrected chi connectivity index (χ4v) is 3.78. The molecule has 1 aliphatic heterocycles. The van der Waals surface area contributed by atoms with Crippen molar-refractivity contribution in [1.29, 1.82) is 0 Å². The molecule has 0 spiro atoms. The minimum Gasteiger partial charge on any atom is -0.492 e. The third-order valence-corrected chi connectivity index (χ3v) is 5.47. The van der Waals surface area contributed by atoms with Crippen LogP contribution in [0.2, 0.25) is 0 Å². The molecule has 6 nitrogen and oxygen atoms in total. The van der Waals surface area contributed by atoms with Gasteiger partial charge in [0, 0.05) is 42.5 Å². The Bertz CT molecular complexity index is 1230. The van der Waals surface area contributed by atoms with Crippen LogP contribution >= 0.6 is 0 Å². The monoisotopic (exact) mass is 416 g/mol. The predicted octanol–water partition coefficient (Wildman–Crippen LogP) is 4.02. The largest absolute Gasteiger partial charge is 0.492 e. The first-order chi connectivity index (χ1) is 15.2. The van der Waals surface area contributed by atoms with Gasteiger partial charge in [0.15, 0.2) is 11.6 Å². The Kier molecular flexibility index (Phi) is 4.83. The number of aromatic amines is 1. The van der Waals surface area contributed by atoms with Crippen LogP contribution in [0.1, 0.15) is 34.5 Å². The molecule has 3 heterocycles. The Hall–Kier alpha value is -3.79. The molecule has 1 fully saturated rings. The molecule has 31 heavy (non-hydrogen) atoms. The minimum atomic E-state index is -0.484. The van der Waals surface area contributed by atoms with Gasteiger partial charge in [-0.1, -0.05) is 17.9 Å². The molecule has 5 rings (SSSR count). The lowest BCUT2D eigenvalue weighted by molar-refractivity contribution is 0.0947. The number of hydrogen-bond donors (Lipinski definition) is 3. The summed E-state index contributed by atoms with van der Waals surface area (Å²) in [4.78, 5) is 20.4. The molecule has 1 saturated carbocycles. The summed E-state index contributed by atoms with van der Waals surface area (Å²) in [6.07, 6.45) is 6.36. The van der Waals surface area contributed by atoms with E-state index in [1.54, 1.807) is 24.5 Å². The highest BCUT2D eigenvalue weighted by Crippen LogP contribution is 2.40. The lowest BCUT2D eigenvalue weighted by Crippen LogP contribution is -2.31. The zero-order valence-electron chi connectivity index (χ0n) is 17.0. The molecule has 1 aromatic carbocycles. The maximum absolute atomic E-state index is 14.3. The topological polar surface area (TPSA) is 79.0 Å². The van der Waals surface area contributed by atoms with Crippen LogP contribution in [0, 0.1) is 23.6 Å². The van der Waals surface area contributed by atoms with E-state index in [1.807, 2.05) is 6.07 Å². The summed E-state index contributed by atoms with van der Waals surface area (Å²) in [5.74, 6) is 6.39. The third-order valence-electron chi connectivity index (χ3n) is 5.47. The smallest absolute Gasteiger partial charge is 0.255 e. The molecule has 3 N–H and O–H groups in total. The summed E-state index contributed by atoms with van der Waals surface area (Å²) in [7, 11) is 1.41. The molecule has 2 aromatic heterocycles. The van der Waals surface area contributed by atoms with Gasteiger partial charge in [-0.05, 0) is 31.0 Å². The number of aromatic nitrogens is 2. The van der Waals surface area contributed by atoms with Crippen LogP contribution in [-0.2, 0) is 6.42 Å². The lowest BCUT2D eigenvalue weighted by Gasteiger charge is -2.16. The number of carbonyl (C=O) groups excluding carboxylic acids is 1. The molecule has 0 saturated heterocycles. The zero-order chi connectivity index (χ0) is 21.4. The van der Waals surface area contributed by atoms with Crippen LogP contribution in [0.5, 0.6) is 5.75 Å². The fourth-order valence-electron chi connectivity index (χ4n) is 3.78. The highest BCUT2D eigenvalue weighted by molar-refractivity contribution is 6.06. The van der Waals surface area contributed by atoms with E-state index in [0.717, 1.165) is 35.4 Å². The fraction of sp³-hybridized carbons (Fsp3) is 0.250. The van der Waals surface area contributed by atoms with E-state index in [1.165, 1.54) is 13.2 Å². The van der Waals surface area contributed by atoms with Gasteiger partial charge in [-0.3, -0.25) is 9.78 Å². The molecule has 1 amide bonds. The molecule has 0 atom stereocenters. The van der Waals surface area contributed by atoms with E-state index in [4.69, 9.17) is 4.74 Å². The van der Waals surface area contributed by atoms with E-state index < -0.39 is 5.82 Å². The molecule has 156 valence electrons. The first kappa shape index (κ1) is 19.2. The number of H-pyrrole nitrogens is 1. The van der Waals surface area contributed by atoms with Crippen molar-refractivity contribution in [2.75, 3.05) is 19.0 Å². The second-order valence-electron chi connectivity index (χ2n) is 7.64. The maximum atomic E-state index is 14.3. The lowest BCUT2D eigenvalue weighted by atomic mass is 10.0. The first-order valence-electron chi connectivity index (χ1n) is 10.2. The van der Waals surface area contributed by atoms with Crippen LogP contribution < -0.4 is 15.4 Å². The van der Waals surface area contributed by atoms with Crippen LogP contribution in [0.25, 0.3) is 11.3 Å². The van der Waals surface area contributed by atoms with Crippen LogP contribution in [0.15, 0.2) is 36.7 Å². The van der Waals surface area contributed by atoms with Gasteiger partial charge in [-0.15, -0.1) is 0 Å². The van der Waals surface area contributed by atoms with Crippen molar-refractivity contribution in [1.82, 2.24) is 15.3 Å². The van der Waals surface area contributed by atoms with Crippen LogP contribution in [-0.4, -0.2) is 29.5 Å². The van der Waals surface area contributed by atoms with Gasteiger partial charge in [0.25, 0.3) is 5.91 Å². The van der Waals surface area contributed by atoms with Crippen molar-refractivity contribution in [2.24, 2.45) is 5.92 Å². The van der Waals surface area contributed by atoms with Crippen LogP contribution in [0.4, 0.5) is 15.8 Å². The summed E-state index contributed by atoms with van der Waals surface area (Å²) < 4.78 is 19.5. The molecule has 2 aliphatic rings. The van der Waals surface area contributed by atoms with Gasteiger partial charge < -0.3 is 20.4 Å². The number of ether oxygens (including phenoxy) is 1. The number of carbonyl (C=O) groups is 1. The third kappa shape index (κ3) is 3.61. The number of nitrogens with zero attached hydrogens (tertiary/aromatic N) is 1. The van der Waals surface area contributed by atoms with E-state index in [-0.39, 0.29) is 11.7 Å². The number of pyridine rings is 1. The van der Waals surface area contributed by atoms with E-state index in [0.29, 0.717) is 35.8 Å². The molecule has 7 heteroatoms. The number of benzene rings is 1. The summed E-state index contributed by atoms with van der Waals surface area (Å²) in [6.45, 7) is 0.555. The van der Waals surface area contributed by atoms with Gasteiger partial charge in [0.1, 0.15) is 0 Å². The number of halogens is 1. The molecule has 0 bridgehead atoms. The number of amides is 1.